The maximum Gasteiger partial charge on any atom is 0.240 e. The molecule has 0 aromatic heterocycles. The van der Waals surface area contributed by atoms with Crippen LogP contribution < -0.4 is 4.72 Å². The first-order valence-electron chi connectivity index (χ1n) is 8.45. The first kappa shape index (κ1) is 18.5. The lowest BCUT2D eigenvalue weighted by molar-refractivity contribution is 0.0341. The van der Waals surface area contributed by atoms with Crippen molar-refractivity contribution in [1.82, 2.24) is 9.62 Å². The Kier molecular flexibility index (Phi) is 6.01. The predicted octanol–water partition coefficient (Wildman–Crippen LogP) is 1.87. The summed E-state index contributed by atoms with van der Waals surface area (Å²) in [6, 6.07) is 15.8. The van der Waals surface area contributed by atoms with Crippen LogP contribution in [0.25, 0.3) is 0 Å². The van der Waals surface area contributed by atoms with Gasteiger partial charge in [0.05, 0.1) is 29.7 Å². The van der Waals surface area contributed by atoms with Gasteiger partial charge in [-0.25, -0.2) is 13.1 Å². The normalized spacial score (nSPS) is 15.5. The van der Waals surface area contributed by atoms with E-state index in [1.807, 2.05) is 30.3 Å². The molecule has 136 valence electrons. The van der Waals surface area contributed by atoms with Gasteiger partial charge in [0.15, 0.2) is 0 Å². The van der Waals surface area contributed by atoms with Crippen LogP contribution in [0.2, 0.25) is 0 Å². The molecule has 2 aromatic rings. The van der Waals surface area contributed by atoms with Gasteiger partial charge in [-0.05, 0) is 29.3 Å². The van der Waals surface area contributed by atoms with Crippen LogP contribution in [0, 0.1) is 11.3 Å². The number of nitriles is 1. The van der Waals surface area contributed by atoms with Gasteiger partial charge in [-0.15, -0.1) is 0 Å². The first-order chi connectivity index (χ1) is 12.6. The maximum absolute atomic E-state index is 12.5. The molecule has 6 nitrogen and oxygen atoms in total. The Hall–Kier alpha value is -2.24. The van der Waals surface area contributed by atoms with E-state index in [-0.39, 0.29) is 11.4 Å². The van der Waals surface area contributed by atoms with Gasteiger partial charge in [-0.1, -0.05) is 30.3 Å². The SMILES string of the molecule is N#Cc1cccc(S(=O)(=O)NCc2ccccc2CN2CCOCC2)c1. The number of hydrogen-bond donors (Lipinski definition) is 1. The van der Waals surface area contributed by atoms with Gasteiger partial charge in [0.25, 0.3) is 0 Å². The third-order valence-corrected chi connectivity index (χ3v) is 5.74. The van der Waals surface area contributed by atoms with Crippen molar-refractivity contribution in [2.75, 3.05) is 26.3 Å². The first-order valence-corrected chi connectivity index (χ1v) is 9.93. The van der Waals surface area contributed by atoms with E-state index in [4.69, 9.17) is 10.00 Å². The number of benzene rings is 2. The largest absolute Gasteiger partial charge is 0.379 e. The third-order valence-electron chi connectivity index (χ3n) is 4.34. The molecule has 1 aliphatic rings. The fourth-order valence-corrected chi connectivity index (χ4v) is 3.93. The summed E-state index contributed by atoms with van der Waals surface area (Å²) >= 11 is 0. The minimum absolute atomic E-state index is 0.0993. The van der Waals surface area contributed by atoms with Crippen molar-refractivity contribution in [3.05, 3.63) is 65.2 Å². The second kappa shape index (κ2) is 8.43. The molecule has 7 heteroatoms. The maximum atomic E-state index is 12.5. The number of rotatable bonds is 6. The van der Waals surface area contributed by atoms with Crippen molar-refractivity contribution in [3.63, 3.8) is 0 Å². The lowest BCUT2D eigenvalue weighted by atomic mass is 10.1. The fourth-order valence-electron chi connectivity index (χ4n) is 2.87. The molecule has 0 bridgehead atoms. The number of hydrogen-bond acceptors (Lipinski definition) is 5. The monoisotopic (exact) mass is 371 g/mol. The van der Waals surface area contributed by atoms with Crippen molar-refractivity contribution in [2.24, 2.45) is 0 Å². The molecule has 0 atom stereocenters. The Morgan fingerprint density at radius 2 is 1.81 bits per heavy atom. The van der Waals surface area contributed by atoms with E-state index >= 15 is 0 Å². The highest BCUT2D eigenvalue weighted by Gasteiger charge is 2.16. The molecule has 0 amide bonds. The summed E-state index contributed by atoms with van der Waals surface area (Å²) < 4.78 is 33.1. The van der Waals surface area contributed by atoms with E-state index in [0.29, 0.717) is 5.56 Å². The molecule has 1 fully saturated rings. The minimum Gasteiger partial charge on any atom is -0.379 e. The molecular formula is C19H21N3O3S. The Morgan fingerprint density at radius 3 is 2.54 bits per heavy atom. The van der Waals surface area contributed by atoms with Gasteiger partial charge in [0.2, 0.25) is 10.0 Å². The van der Waals surface area contributed by atoms with Gasteiger partial charge in [-0.3, -0.25) is 4.90 Å². The molecule has 3 rings (SSSR count). The highest BCUT2D eigenvalue weighted by molar-refractivity contribution is 7.89. The summed E-state index contributed by atoms with van der Waals surface area (Å²) in [7, 11) is -3.68. The zero-order valence-corrected chi connectivity index (χ0v) is 15.2. The Balaban J connectivity index is 1.71. The topological polar surface area (TPSA) is 82.4 Å². The Labute approximate surface area is 154 Å². The van der Waals surface area contributed by atoms with Crippen molar-refractivity contribution in [3.8, 4) is 6.07 Å². The van der Waals surface area contributed by atoms with Gasteiger partial charge in [0, 0.05) is 26.2 Å². The average molecular weight is 371 g/mol. The van der Waals surface area contributed by atoms with Crippen LogP contribution in [-0.2, 0) is 27.8 Å². The van der Waals surface area contributed by atoms with Crippen LogP contribution in [0.4, 0.5) is 0 Å². The Morgan fingerprint density at radius 1 is 1.08 bits per heavy atom. The second-order valence-electron chi connectivity index (χ2n) is 6.12. The average Bonchev–Trinajstić information content (AvgIpc) is 2.68. The molecule has 0 radical (unpaired) electrons. The zero-order valence-electron chi connectivity index (χ0n) is 14.4. The number of nitrogens with zero attached hydrogens (tertiary/aromatic N) is 2. The summed E-state index contributed by atoms with van der Waals surface area (Å²) in [6.45, 7) is 4.18. The highest BCUT2D eigenvalue weighted by Crippen LogP contribution is 2.15. The van der Waals surface area contributed by atoms with E-state index in [9.17, 15) is 8.42 Å². The lowest BCUT2D eigenvalue weighted by Gasteiger charge is -2.27. The summed E-state index contributed by atoms with van der Waals surface area (Å²) in [5, 5.41) is 8.95. The molecule has 1 aliphatic heterocycles. The van der Waals surface area contributed by atoms with Crippen LogP contribution in [0.15, 0.2) is 53.4 Å². The number of ether oxygens (including phenoxy) is 1. The van der Waals surface area contributed by atoms with Gasteiger partial charge >= 0.3 is 0 Å². The lowest BCUT2D eigenvalue weighted by Crippen LogP contribution is -2.36. The standard InChI is InChI=1S/C19H21N3O3S/c20-13-16-4-3-7-19(12-16)26(23,24)21-14-17-5-1-2-6-18(17)15-22-8-10-25-11-9-22/h1-7,12,21H,8-11,14-15H2. The molecule has 0 unspecified atom stereocenters. The van der Waals surface area contributed by atoms with Crippen LogP contribution in [0.5, 0.6) is 0 Å². The van der Waals surface area contributed by atoms with Crippen molar-refractivity contribution >= 4 is 10.0 Å². The van der Waals surface area contributed by atoms with Crippen LogP contribution in [0.3, 0.4) is 0 Å². The molecule has 26 heavy (non-hydrogen) atoms. The van der Waals surface area contributed by atoms with E-state index < -0.39 is 10.0 Å². The van der Waals surface area contributed by atoms with Crippen LogP contribution in [-0.4, -0.2) is 39.6 Å². The smallest absolute Gasteiger partial charge is 0.240 e. The summed E-state index contributed by atoms with van der Waals surface area (Å²) in [6.07, 6.45) is 0. The molecule has 1 heterocycles. The van der Waals surface area contributed by atoms with Crippen LogP contribution >= 0.6 is 0 Å². The quantitative estimate of drug-likeness (QED) is 0.838. The molecule has 0 saturated carbocycles. The predicted molar refractivity (Wildman–Crippen MR) is 97.7 cm³/mol. The molecular weight excluding hydrogens is 350 g/mol. The van der Waals surface area contributed by atoms with E-state index in [1.54, 1.807) is 12.1 Å². The molecule has 1 N–H and O–H groups in total. The van der Waals surface area contributed by atoms with Crippen molar-refractivity contribution in [1.29, 1.82) is 5.26 Å². The number of sulfonamides is 1. The molecule has 1 saturated heterocycles. The fraction of sp³-hybridized carbons (Fsp3) is 0.316. The number of morpholine rings is 1. The third kappa shape index (κ3) is 4.68. The van der Waals surface area contributed by atoms with E-state index in [0.717, 1.165) is 44.0 Å². The van der Waals surface area contributed by atoms with Gasteiger partial charge < -0.3 is 4.74 Å². The van der Waals surface area contributed by atoms with Crippen LogP contribution in [0.1, 0.15) is 16.7 Å². The van der Waals surface area contributed by atoms with E-state index in [2.05, 4.69) is 9.62 Å². The summed E-state index contributed by atoms with van der Waals surface area (Å²) in [5.74, 6) is 0. The van der Waals surface area contributed by atoms with Crippen molar-refractivity contribution in [2.45, 2.75) is 18.0 Å². The second-order valence-corrected chi connectivity index (χ2v) is 7.89. The zero-order chi connectivity index (χ0) is 18.4. The highest BCUT2D eigenvalue weighted by atomic mass is 32.2. The molecule has 2 aromatic carbocycles. The molecule has 0 aliphatic carbocycles. The summed E-state index contributed by atoms with van der Waals surface area (Å²) in [5.41, 5.74) is 2.36. The van der Waals surface area contributed by atoms with E-state index in [1.165, 1.54) is 12.1 Å². The minimum atomic E-state index is -3.68. The van der Waals surface area contributed by atoms with Gasteiger partial charge in [0.1, 0.15) is 0 Å². The van der Waals surface area contributed by atoms with Gasteiger partial charge in [-0.2, -0.15) is 5.26 Å². The number of nitrogens with one attached hydrogen (secondary N) is 1. The summed E-state index contributed by atoms with van der Waals surface area (Å²) in [4.78, 5) is 2.40. The molecule has 0 spiro atoms. The van der Waals surface area contributed by atoms with Crippen molar-refractivity contribution < 1.29 is 13.2 Å². The Bertz CT molecular complexity index is 900.